The minimum absolute atomic E-state index is 0.372. The molecule has 0 aliphatic carbocycles. The molecule has 0 unspecified atom stereocenters. The van der Waals surface area contributed by atoms with Crippen LogP contribution < -0.4 is 4.72 Å². The van der Waals surface area contributed by atoms with Gasteiger partial charge in [-0.1, -0.05) is 48.5 Å². The summed E-state index contributed by atoms with van der Waals surface area (Å²) in [6.07, 6.45) is 0. The molecule has 1 heterocycles. The third kappa shape index (κ3) is 1.50. The van der Waals surface area contributed by atoms with Crippen LogP contribution in [0.15, 0.2) is 59.5 Å². The SMILES string of the molecule is C[C@]1(c2ccccc2)NS(=O)(=O)c2ccccc21. The first-order chi connectivity index (χ1) is 8.54. The van der Waals surface area contributed by atoms with Gasteiger partial charge in [-0.05, 0) is 24.1 Å². The molecule has 0 saturated carbocycles. The van der Waals surface area contributed by atoms with Crippen molar-refractivity contribution in [2.24, 2.45) is 0 Å². The molecule has 3 rings (SSSR count). The van der Waals surface area contributed by atoms with Gasteiger partial charge in [0.15, 0.2) is 0 Å². The molecule has 3 nitrogen and oxygen atoms in total. The fraction of sp³-hybridized carbons (Fsp3) is 0.143. The quantitative estimate of drug-likeness (QED) is 0.853. The zero-order chi connectivity index (χ0) is 12.8. The molecule has 2 aromatic rings. The molecule has 1 N–H and O–H groups in total. The molecule has 0 radical (unpaired) electrons. The van der Waals surface area contributed by atoms with Crippen LogP contribution in [0, 0.1) is 0 Å². The maximum atomic E-state index is 12.1. The van der Waals surface area contributed by atoms with Crippen molar-refractivity contribution in [1.29, 1.82) is 0 Å². The van der Waals surface area contributed by atoms with Gasteiger partial charge in [-0.3, -0.25) is 0 Å². The van der Waals surface area contributed by atoms with Gasteiger partial charge in [0.05, 0.1) is 10.4 Å². The second-order valence-electron chi connectivity index (χ2n) is 4.59. The minimum Gasteiger partial charge on any atom is -0.207 e. The van der Waals surface area contributed by atoms with Crippen LogP contribution in [0.2, 0.25) is 0 Å². The highest BCUT2D eigenvalue weighted by Crippen LogP contribution is 2.39. The van der Waals surface area contributed by atoms with Crippen LogP contribution in [-0.4, -0.2) is 8.42 Å². The van der Waals surface area contributed by atoms with E-state index in [4.69, 9.17) is 0 Å². The van der Waals surface area contributed by atoms with Crippen LogP contribution in [0.25, 0.3) is 0 Å². The molecule has 0 fully saturated rings. The number of fused-ring (bicyclic) bond motifs is 1. The summed E-state index contributed by atoms with van der Waals surface area (Å²) < 4.78 is 27.0. The van der Waals surface area contributed by atoms with Gasteiger partial charge in [0, 0.05) is 0 Å². The second-order valence-corrected chi connectivity index (χ2v) is 6.24. The molecule has 92 valence electrons. The normalized spacial score (nSPS) is 24.7. The number of sulfonamides is 1. The van der Waals surface area contributed by atoms with E-state index in [1.54, 1.807) is 12.1 Å². The van der Waals surface area contributed by atoms with E-state index in [1.165, 1.54) is 0 Å². The average Bonchev–Trinajstić information content (AvgIpc) is 2.60. The van der Waals surface area contributed by atoms with Crippen LogP contribution in [0.1, 0.15) is 18.1 Å². The first kappa shape index (κ1) is 11.4. The number of benzene rings is 2. The number of hydrogen-bond acceptors (Lipinski definition) is 2. The maximum Gasteiger partial charge on any atom is 0.242 e. The van der Waals surface area contributed by atoms with E-state index in [9.17, 15) is 8.42 Å². The lowest BCUT2D eigenvalue weighted by molar-refractivity contribution is 0.527. The Morgan fingerprint density at radius 1 is 0.944 bits per heavy atom. The van der Waals surface area contributed by atoms with E-state index < -0.39 is 15.6 Å². The Labute approximate surface area is 107 Å². The summed E-state index contributed by atoms with van der Waals surface area (Å²) >= 11 is 0. The van der Waals surface area contributed by atoms with Crippen molar-refractivity contribution < 1.29 is 8.42 Å². The van der Waals surface area contributed by atoms with E-state index in [0.29, 0.717) is 4.90 Å². The Morgan fingerprint density at radius 3 is 2.28 bits per heavy atom. The van der Waals surface area contributed by atoms with Crippen molar-refractivity contribution in [3.05, 3.63) is 65.7 Å². The monoisotopic (exact) mass is 259 g/mol. The molecule has 0 spiro atoms. The summed E-state index contributed by atoms with van der Waals surface area (Å²) in [5.41, 5.74) is 1.06. The molecule has 4 heteroatoms. The van der Waals surface area contributed by atoms with Crippen LogP contribution in [0.5, 0.6) is 0 Å². The Morgan fingerprint density at radius 2 is 1.56 bits per heavy atom. The van der Waals surface area contributed by atoms with E-state index >= 15 is 0 Å². The third-order valence-electron chi connectivity index (χ3n) is 3.40. The Hall–Kier alpha value is -1.65. The van der Waals surface area contributed by atoms with Gasteiger partial charge in [0.2, 0.25) is 10.0 Å². The molecular weight excluding hydrogens is 246 g/mol. The smallest absolute Gasteiger partial charge is 0.207 e. The highest BCUT2D eigenvalue weighted by Gasteiger charge is 2.43. The van der Waals surface area contributed by atoms with Gasteiger partial charge < -0.3 is 0 Å². The Kier molecular flexibility index (Phi) is 2.33. The average molecular weight is 259 g/mol. The molecule has 18 heavy (non-hydrogen) atoms. The van der Waals surface area contributed by atoms with Crippen molar-refractivity contribution in [2.75, 3.05) is 0 Å². The lowest BCUT2D eigenvalue weighted by atomic mass is 9.86. The lowest BCUT2D eigenvalue weighted by Gasteiger charge is -2.24. The summed E-state index contributed by atoms with van der Waals surface area (Å²) in [5, 5.41) is 0. The predicted molar refractivity (Wildman–Crippen MR) is 69.7 cm³/mol. The molecule has 1 aliphatic rings. The Balaban J connectivity index is 2.29. The van der Waals surface area contributed by atoms with Gasteiger partial charge in [0.25, 0.3) is 0 Å². The van der Waals surface area contributed by atoms with Crippen LogP contribution in [0.3, 0.4) is 0 Å². The summed E-state index contributed by atoms with van der Waals surface area (Å²) in [5.74, 6) is 0. The van der Waals surface area contributed by atoms with E-state index in [0.717, 1.165) is 11.1 Å². The highest BCUT2D eigenvalue weighted by atomic mass is 32.2. The van der Waals surface area contributed by atoms with Gasteiger partial charge in [-0.15, -0.1) is 0 Å². The van der Waals surface area contributed by atoms with Crippen molar-refractivity contribution in [1.82, 2.24) is 4.72 Å². The molecule has 2 aromatic carbocycles. The first-order valence-electron chi connectivity index (χ1n) is 5.73. The molecule has 1 atom stereocenters. The van der Waals surface area contributed by atoms with Gasteiger partial charge in [-0.25, -0.2) is 8.42 Å². The predicted octanol–water partition coefficient (Wildman–Crippen LogP) is 2.24. The van der Waals surface area contributed by atoms with Crippen molar-refractivity contribution in [3.8, 4) is 0 Å². The molecular formula is C14H13NO2S. The summed E-state index contributed by atoms with van der Waals surface area (Å²) in [4.78, 5) is 0.372. The minimum atomic E-state index is -3.41. The van der Waals surface area contributed by atoms with Crippen molar-refractivity contribution in [2.45, 2.75) is 17.4 Å². The second kappa shape index (κ2) is 3.67. The van der Waals surface area contributed by atoms with E-state index in [-0.39, 0.29) is 0 Å². The van der Waals surface area contributed by atoms with Gasteiger partial charge in [-0.2, -0.15) is 4.72 Å². The van der Waals surface area contributed by atoms with Crippen LogP contribution in [0.4, 0.5) is 0 Å². The largest absolute Gasteiger partial charge is 0.242 e. The first-order valence-corrected chi connectivity index (χ1v) is 7.21. The van der Waals surface area contributed by atoms with E-state index in [1.807, 2.05) is 49.4 Å². The molecule has 0 saturated heterocycles. The fourth-order valence-electron chi connectivity index (χ4n) is 2.48. The summed E-state index contributed by atoms with van der Waals surface area (Å²) in [7, 11) is -3.41. The maximum absolute atomic E-state index is 12.1. The summed E-state index contributed by atoms with van der Waals surface area (Å²) in [6.45, 7) is 1.89. The van der Waals surface area contributed by atoms with Crippen LogP contribution >= 0.6 is 0 Å². The standard InChI is InChI=1S/C14H13NO2S/c1-14(11-7-3-2-4-8-11)12-9-5-6-10-13(12)18(16,17)15-14/h2-10,15H,1H3/t14-/m1/s1. The van der Waals surface area contributed by atoms with Gasteiger partial charge >= 0.3 is 0 Å². The lowest BCUT2D eigenvalue weighted by Crippen LogP contribution is -2.37. The third-order valence-corrected chi connectivity index (χ3v) is 5.02. The molecule has 0 aromatic heterocycles. The number of hydrogen-bond donors (Lipinski definition) is 1. The number of nitrogens with one attached hydrogen (secondary N) is 1. The highest BCUT2D eigenvalue weighted by molar-refractivity contribution is 7.89. The summed E-state index contributed by atoms with van der Waals surface area (Å²) in [6, 6.07) is 16.7. The van der Waals surface area contributed by atoms with Crippen LogP contribution in [-0.2, 0) is 15.6 Å². The van der Waals surface area contributed by atoms with E-state index in [2.05, 4.69) is 4.72 Å². The van der Waals surface area contributed by atoms with Crippen molar-refractivity contribution in [3.63, 3.8) is 0 Å². The molecule has 0 amide bonds. The zero-order valence-corrected chi connectivity index (χ0v) is 10.7. The number of rotatable bonds is 1. The van der Waals surface area contributed by atoms with Gasteiger partial charge in [0.1, 0.15) is 0 Å². The molecule has 0 bridgehead atoms. The fourth-order valence-corrected chi connectivity index (χ4v) is 4.17. The molecule has 1 aliphatic heterocycles. The Bertz CT molecular complexity index is 695. The van der Waals surface area contributed by atoms with Crippen molar-refractivity contribution >= 4 is 10.0 Å². The topological polar surface area (TPSA) is 46.2 Å². The zero-order valence-electron chi connectivity index (χ0n) is 9.92.